The number of aliphatic imine (C=N–C) groups is 2. The highest BCUT2D eigenvalue weighted by molar-refractivity contribution is 6.23. The Bertz CT molecular complexity index is 2310. The number of carbonyl (C=O) groups excluding carboxylic acids is 2. The van der Waals surface area contributed by atoms with Crippen LogP contribution in [0.2, 0.25) is 0 Å². The number of hydrogen-bond donors (Lipinski definition) is 4. The number of unbranched alkanes of at least 4 members (excludes halogenated alkanes) is 6. The lowest BCUT2D eigenvalue weighted by Gasteiger charge is -2.18. The number of phenols is 2. The van der Waals surface area contributed by atoms with E-state index < -0.39 is 11.6 Å². The highest BCUT2D eigenvalue weighted by Gasteiger charge is 2.21. The van der Waals surface area contributed by atoms with Gasteiger partial charge in [-0.25, -0.2) is 0 Å². The Morgan fingerprint density at radius 2 is 0.938 bits per heavy atom. The molecule has 0 aliphatic carbocycles. The first-order chi connectivity index (χ1) is 31.0. The van der Waals surface area contributed by atoms with Gasteiger partial charge in [-0.2, -0.15) is 0 Å². The predicted molar refractivity (Wildman–Crippen MR) is 257 cm³/mol. The standard InChI is InChI=1S/C52H64N4O8/c1-7-9-11-17-23-61-47-25-41-43(27-49(47)63-33-35(3)4)55-31-38(52(60)40-20-14-16-22-46(40)58)32-56-44-28-50(64-34-36(5)6)48(62-24-18-12-10-8-2)26-42(44)54-30-37(29-53-41)51(59)39-19-13-15-21-45(39)57/h13-16,19-22,25-32,35-36,53,56-58H,7-12,17-18,23-24,33-34H2,1-6H3/b37-29+,38-32+,54-30?,55-31?. The first-order valence-corrected chi connectivity index (χ1v) is 22.5. The molecule has 1 heterocycles. The van der Waals surface area contributed by atoms with Gasteiger partial charge in [-0.3, -0.25) is 19.6 Å². The van der Waals surface area contributed by atoms with Crippen LogP contribution in [-0.2, 0) is 0 Å². The summed E-state index contributed by atoms with van der Waals surface area (Å²) < 4.78 is 25.2. The summed E-state index contributed by atoms with van der Waals surface area (Å²) in [6.07, 6.45) is 13.9. The van der Waals surface area contributed by atoms with Crippen LogP contribution in [0.15, 0.2) is 106 Å². The summed E-state index contributed by atoms with van der Waals surface area (Å²) in [7, 11) is 0. The highest BCUT2D eigenvalue weighted by Crippen LogP contribution is 2.41. The van der Waals surface area contributed by atoms with Gasteiger partial charge in [0.15, 0.2) is 34.6 Å². The van der Waals surface area contributed by atoms with Crippen LogP contribution in [0.3, 0.4) is 0 Å². The van der Waals surface area contributed by atoms with Gasteiger partial charge in [-0.15, -0.1) is 0 Å². The third kappa shape index (κ3) is 14.2. The van der Waals surface area contributed by atoms with Gasteiger partial charge in [-0.05, 0) is 48.9 Å². The molecule has 0 atom stereocenters. The van der Waals surface area contributed by atoms with E-state index in [1.165, 1.54) is 37.0 Å². The lowest BCUT2D eigenvalue weighted by Crippen LogP contribution is -2.10. The minimum Gasteiger partial charge on any atom is -0.507 e. The van der Waals surface area contributed by atoms with E-state index in [0.717, 1.165) is 51.4 Å². The van der Waals surface area contributed by atoms with Crippen LogP contribution in [0.5, 0.6) is 34.5 Å². The smallest absolute Gasteiger partial charge is 0.199 e. The number of fused-ring (bicyclic) bond motifs is 2. The lowest BCUT2D eigenvalue weighted by atomic mass is 10.0. The van der Waals surface area contributed by atoms with Gasteiger partial charge in [0.25, 0.3) is 0 Å². The Labute approximate surface area is 378 Å². The van der Waals surface area contributed by atoms with Crippen molar-refractivity contribution in [2.45, 2.75) is 92.9 Å². The first-order valence-electron chi connectivity index (χ1n) is 22.5. The summed E-state index contributed by atoms with van der Waals surface area (Å²) in [4.78, 5) is 38.3. The van der Waals surface area contributed by atoms with Crippen LogP contribution >= 0.6 is 0 Å². The molecule has 1 aliphatic heterocycles. The zero-order chi connectivity index (χ0) is 45.8. The number of allylic oxidation sites excluding steroid dienone is 2. The molecule has 0 unspecified atom stereocenters. The molecule has 340 valence electrons. The van der Waals surface area contributed by atoms with E-state index in [1.54, 1.807) is 60.7 Å². The maximum atomic E-state index is 14.3. The van der Waals surface area contributed by atoms with Crippen molar-refractivity contribution in [3.8, 4) is 34.5 Å². The fourth-order valence-corrected chi connectivity index (χ4v) is 6.48. The molecule has 0 amide bonds. The van der Waals surface area contributed by atoms with Crippen molar-refractivity contribution < 1.29 is 38.7 Å². The molecule has 0 spiro atoms. The van der Waals surface area contributed by atoms with E-state index in [2.05, 4.69) is 52.2 Å². The van der Waals surface area contributed by atoms with Gasteiger partial charge < -0.3 is 39.8 Å². The van der Waals surface area contributed by atoms with Gasteiger partial charge in [0.05, 0.1) is 71.5 Å². The molecule has 0 radical (unpaired) electrons. The maximum Gasteiger partial charge on any atom is 0.199 e. The quantitative estimate of drug-likeness (QED) is 0.0442. The largest absolute Gasteiger partial charge is 0.507 e. The Morgan fingerprint density at radius 3 is 1.34 bits per heavy atom. The number of rotatable bonds is 22. The molecule has 4 N–H and O–H groups in total. The number of ether oxygens (including phenoxy) is 4. The second kappa shape index (κ2) is 24.9. The molecule has 0 aromatic heterocycles. The van der Waals surface area contributed by atoms with E-state index in [1.807, 2.05) is 0 Å². The number of ketones is 2. The molecule has 4 aromatic carbocycles. The molecule has 1 aliphatic rings. The van der Waals surface area contributed by atoms with Crippen molar-refractivity contribution in [3.05, 3.63) is 107 Å². The van der Waals surface area contributed by atoms with Gasteiger partial charge >= 0.3 is 0 Å². The number of anilines is 2. The number of aromatic hydroxyl groups is 2. The SMILES string of the molecule is CCCCCCOc1cc2c(cc1OCC(C)C)N=C/C(C(=O)c1ccccc1O)=C\Nc1cc(OCC(C)C)c(OCCCCCC)cc1N=C/C(C(=O)c1ccccc1O)=C\N2. The first kappa shape index (κ1) is 48.5. The molecule has 0 bridgehead atoms. The fourth-order valence-electron chi connectivity index (χ4n) is 6.48. The Morgan fingerprint density at radius 1 is 0.547 bits per heavy atom. The van der Waals surface area contributed by atoms with Crippen LogP contribution in [0.4, 0.5) is 22.7 Å². The second-order valence-corrected chi connectivity index (χ2v) is 16.6. The molecule has 0 fully saturated rings. The molecule has 0 saturated carbocycles. The number of benzene rings is 4. The van der Waals surface area contributed by atoms with E-state index >= 15 is 0 Å². The van der Waals surface area contributed by atoms with Gasteiger partial charge in [0, 0.05) is 49.1 Å². The van der Waals surface area contributed by atoms with Gasteiger partial charge in [0.1, 0.15) is 11.5 Å². The second-order valence-electron chi connectivity index (χ2n) is 16.6. The summed E-state index contributed by atoms with van der Waals surface area (Å²) in [5, 5.41) is 28.1. The molecule has 4 aromatic rings. The maximum absolute atomic E-state index is 14.3. The number of nitrogens with zero attached hydrogens (tertiary/aromatic N) is 2. The van der Waals surface area contributed by atoms with Crippen molar-refractivity contribution >= 4 is 46.7 Å². The Hall–Kier alpha value is -6.56. The highest BCUT2D eigenvalue weighted by atomic mass is 16.5. The number of phenolic OH excluding ortho intramolecular Hbond substituents is 2. The zero-order valence-electron chi connectivity index (χ0n) is 38.1. The predicted octanol–water partition coefficient (Wildman–Crippen LogP) is 12.6. The molecule has 12 heteroatoms. The minimum atomic E-state index is -0.497. The van der Waals surface area contributed by atoms with Crippen molar-refractivity contribution in [1.29, 1.82) is 0 Å². The molecular formula is C52H64N4O8. The van der Waals surface area contributed by atoms with Crippen LogP contribution in [0.1, 0.15) is 114 Å². The average Bonchev–Trinajstić information content (AvgIpc) is 3.28. The number of nitrogens with one attached hydrogen (secondary N) is 2. The van der Waals surface area contributed by atoms with E-state index in [9.17, 15) is 19.8 Å². The molecule has 5 rings (SSSR count). The van der Waals surface area contributed by atoms with Crippen LogP contribution < -0.4 is 29.6 Å². The third-order valence-corrected chi connectivity index (χ3v) is 10.1. The van der Waals surface area contributed by atoms with Crippen molar-refractivity contribution in [2.75, 3.05) is 37.1 Å². The number of hydrogen-bond acceptors (Lipinski definition) is 12. The summed E-state index contributed by atoms with van der Waals surface area (Å²) in [5.41, 5.74) is 1.95. The number of para-hydroxylation sites is 2. The summed E-state index contributed by atoms with van der Waals surface area (Å²) in [5.74, 6) is 0.933. The molecule has 64 heavy (non-hydrogen) atoms. The van der Waals surface area contributed by atoms with Gasteiger partial charge in [-0.1, -0.05) is 104 Å². The van der Waals surface area contributed by atoms with Crippen molar-refractivity contribution in [1.82, 2.24) is 0 Å². The van der Waals surface area contributed by atoms with E-state index in [0.29, 0.717) is 72.2 Å². The van der Waals surface area contributed by atoms with Crippen molar-refractivity contribution in [2.24, 2.45) is 21.8 Å². The lowest BCUT2D eigenvalue weighted by molar-refractivity contribution is 0.103. The molecule has 0 saturated heterocycles. The van der Waals surface area contributed by atoms with Crippen LogP contribution in [-0.4, -0.2) is 60.6 Å². The zero-order valence-corrected chi connectivity index (χ0v) is 38.1. The number of Topliss-reactive ketones (excluding diaryl/α,β-unsaturated/α-hetero) is 2. The van der Waals surface area contributed by atoms with E-state index in [4.69, 9.17) is 28.9 Å². The Balaban J connectivity index is 1.73. The summed E-state index contributed by atoms with van der Waals surface area (Å²) in [6, 6.07) is 19.6. The van der Waals surface area contributed by atoms with Crippen LogP contribution in [0.25, 0.3) is 0 Å². The topological polar surface area (TPSA) is 160 Å². The normalized spacial score (nSPS) is 14.2. The third-order valence-electron chi connectivity index (χ3n) is 10.1. The average molecular weight is 873 g/mol. The monoisotopic (exact) mass is 872 g/mol. The summed E-state index contributed by atoms with van der Waals surface area (Å²) >= 11 is 0. The number of carbonyl (C=O) groups is 2. The fraction of sp³-hybridized carbons (Fsp3) is 0.385. The molecule has 12 nitrogen and oxygen atoms in total. The van der Waals surface area contributed by atoms with Crippen molar-refractivity contribution in [3.63, 3.8) is 0 Å². The van der Waals surface area contributed by atoms with E-state index in [-0.39, 0.29) is 45.6 Å². The molecular weight excluding hydrogens is 809 g/mol. The van der Waals surface area contributed by atoms with Gasteiger partial charge in [0.2, 0.25) is 0 Å². The minimum absolute atomic E-state index is 0.0792. The Kier molecular flexibility index (Phi) is 18.9. The van der Waals surface area contributed by atoms with Crippen LogP contribution in [0, 0.1) is 11.8 Å². The summed E-state index contributed by atoms with van der Waals surface area (Å²) in [6.45, 7) is 14.2.